The summed E-state index contributed by atoms with van der Waals surface area (Å²) in [6.07, 6.45) is 0. The number of hydrogen-bond donors (Lipinski definition) is 1. The fourth-order valence-electron chi connectivity index (χ4n) is 0.733. The molecule has 1 rings (SSSR count). The third-order valence-corrected chi connectivity index (χ3v) is 2.52. The van der Waals surface area contributed by atoms with Gasteiger partial charge in [0.05, 0.1) is 6.54 Å². The van der Waals surface area contributed by atoms with Crippen LogP contribution in [-0.2, 0) is 11.3 Å². The second-order valence-corrected chi connectivity index (χ2v) is 3.69. The van der Waals surface area contributed by atoms with Crippen molar-refractivity contribution in [1.29, 1.82) is 0 Å². The molecule has 1 heterocycles. The van der Waals surface area contributed by atoms with Crippen molar-refractivity contribution in [3.63, 3.8) is 0 Å². The molecule has 0 saturated heterocycles. The van der Waals surface area contributed by atoms with Crippen LogP contribution in [0.1, 0.15) is 11.9 Å². The summed E-state index contributed by atoms with van der Waals surface area (Å²) in [6.45, 7) is 2.05. The highest BCUT2D eigenvalue weighted by atomic mass is 32.1. The molecule has 72 valence electrons. The van der Waals surface area contributed by atoms with E-state index in [4.69, 9.17) is 0 Å². The molecule has 0 radical (unpaired) electrons. The molecule has 13 heavy (non-hydrogen) atoms. The normalized spacial score (nSPS) is 9.77. The van der Waals surface area contributed by atoms with Crippen molar-refractivity contribution in [1.82, 2.24) is 15.1 Å². The van der Waals surface area contributed by atoms with Gasteiger partial charge in [0.15, 0.2) is 0 Å². The number of rotatable bonds is 3. The average Bonchev–Trinajstić information content (AvgIpc) is 2.52. The van der Waals surface area contributed by atoms with E-state index in [0.717, 1.165) is 10.1 Å². The second-order valence-electron chi connectivity index (χ2n) is 2.63. The second kappa shape index (κ2) is 4.18. The van der Waals surface area contributed by atoms with Gasteiger partial charge >= 0.3 is 0 Å². The highest BCUT2D eigenvalue weighted by Gasteiger charge is 2.07. The quantitative estimate of drug-likeness (QED) is 0.774. The lowest BCUT2D eigenvalue weighted by Gasteiger charge is -2.11. The van der Waals surface area contributed by atoms with Crippen molar-refractivity contribution in [2.45, 2.75) is 13.5 Å². The van der Waals surface area contributed by atoms with Gasteiger partial charge in [0, 0.05) is 21.0 Å². The summed E-state index contributed by atoms with van der Waals surface area (Å²) in [4.78, 5) is 12.5. The van der Waals surface area contributed by atoms with E-state index in [-0.39, 0.29) is 5.91 Å². The van der Waals surface area contributed by atoms with Crippen molar-refractivity contribution in [3.05, 3.63) is 5.01 Å². The molecule has 1 amide bonds. The first-order valence-corrected chi connectivity index (χ1v) is 4.67. The van der Waals surface area contributed by atoms with Crippen LogP contribution in [0.3, 0.4) is 0 Å². The number of amides is 1. The zero-order valence-corrected chi connectivity index (χ0v) is 8.68. The van der Waals surface area contributed by atoms with E-state index in [1.54, 1.807) is 19.0 Å². The van der Waals surface area contributed by atoms with E-state index < -0.39 is 0 Å². The van der Waals surface area contributed by atoms with E-state index in [1.165, 1.54) is 18.3 Å². The highest BCUT2D eigenvalue weighted by Crippen LogP contribution is 2.15. The van der Waals surface area contributed by atoms with Crippen LogP contribution in [0.25, 0.3) is 0 Å². The van der Waals surface area contributed by atoms with Gasteiger partial charge in [-0.2, -0.15) is 0 Å². The first-order valence-electron chi connectivity index (χ1n) is 3.85. The monoisotopic (exact) mass is 200 g/mol. The Morgan fingerprint density at radius 1 is 1.62 bits per heavy atom. The average molecular weight is 200 g/mol. The maximum absolute atomic E-state index is 10.9. The Bertz CT molecular complexity index is 298. The predicted octanol–water partition coefficient (Wildman–Crippen LogP) is 0.558. The minimum absolute atomic E-state index is 0.0289. The zero-order valence-electron chi connectivity index (χ0n) is 7.87. The molecule has 0 spiro atoms. The van der Waals surface area contributed by atoms with E-state index in [1.807, 2.05) is 0 Å². The molecule has 1 aromatic heterocycles. The van der Waals surface area contributed by atoms with Crippen molar-refractivity contribution in [3.8, 4) is 0 Å². The van der Waals surface area contributed by atoms with Gasteiger partial charge in [-0.1, -0.05) is 11.3 Å². The Hall–Kier alpha value is -1.17. The van der Waals surface area contributed by atoms with Crippen LogP contribution >= 0.6 is 11.3 Å². The van der Waals surface area contributed by atoms with E-state index in [2.05, 4.69) is 15.5 Å². The fraction of sp³-hybridized carbons (Fsp3) is 0.571. The summed E-state index contributed by atoms with van der Waals surface area (Å²) in [5, 5.41) is 12.3. The predicted molar refractivity (Wildman–Crippen MR) is 51.6 cm³/mol. The maximum atomic E-state index is 10.9. The number of nitrogens with one attached hydrogen (secondary N) is 1. The molecular formula is C7H12N4OS. The molecule has 0 unspecified atom stereocenters. The van der Waals surface area contributed by atoms with Gasteiger partial charge in [0.2, 0.25) is 11.0 Å². The number of aromatic nitrogens is 2. The Kier molecular flexibility index (Phi) is 3.18. The molecule has 0 aromatic carbocycles. The molecule has 0 saturated carbocycles. The molecule has 1 N–H and O–H groups in total. The molecule has 6 heteroatoms. The summed E-state index contributed by atoms with van der Waals surface area (Å²) in [6, 6.07) is 0. The molecular weight excluding hydrogens is 188 g/mol. The van der Waals surface area contributed by atoms with Gasteiger partial charge in [0.1, 0.15) is 5.01 Å². The third kappa shape index (κ3) is 2.66. The maximum Gasteiger partial charge on any atom is 0.219 e. The zero-order chi connectivity index (χ0) is 9.84. The SMILES string of the molecule is CNc1nnc(CN(C)C(C)=O)s1. The van der Waals surface area contributed by atoms with Crippen molar-refractivity contribution in [2.24, 2.45) is 0 Å². The lowest BCUT2D eigenvalue weighted by molar-refractivity contribution is -0.128. The first-order chi connectivity index (χ1) is 6.13. The lowest BCUT2D eigenvalue weighted by Crippen LogP contribution is -2.22. The Morgan fingerprint density at radius 2 is 2.31 bits per heavy atom. The standard InChI is InChI=1S/C7H12N4OS/c1-5(12)11(3)4-6-9-10-7(8-2)13-6/h4H2,1-3H3,(H,8,10). The summed E-state index contributed by atoms with van der Waals surface area (Å²) in [5.41, 5.74) is 0. The van der Waals surface area contributed by atoms with E-state index in [9.17, 15) is 4.79 Å². The molecule has 0 aliphatic rings. The molecule has 0 fully saturated rings. The van der Waals surface area contributed by atoms with Crippen LogP contribution in [0.15, 0.2) is 0 Å². The van der Waals surface area contributed by atoms with Gasteiger partial charge in [-0.25, -0.2) is 0 Å². The number of nitrogens with zero attached hydrogens (tertiary/aromatic N) is 3. The summed E-state index contributed by atoms with van der Waals surface area (Å²) in [5.74, 6) is 0.0289. The number of anilines is 1. The van der Waals surface area contributed by atoms with E-state index in [0.29, 0.717) is 6.54 Å². The summed E-state index contributed by atoms with van der Waals surface area (Å²) < 4.78 is 0. The Morgan fingerprint density at radius 3 is 2.77 bits per heavy atom. The van der Waals surface area contributed by atoms with Gasteiger partial charge < -0.3 is 10.2 Å². The van der Waals surface area contributed by atoms with Crippen molar-refractivity contribution in [2.75, 3.05) is 19.4 Å². The lowest BCUT2D eigenvalue weighted by atomic mass is 10.5. The molecule has 5 nitrogen and oxygen atoms in total. The Labute approximate surface area is 80.8 Å². The first kappa shape index (κ1) is 9.91. The van der Waals surface area contributed by atoms with Crippen molar-refractivity contribution >= 4 is 22.4 Å². The number of hydrogen-bond acceptors (Lipinski definition) is 5. The molecule has 1 aromatic rings. The molecule has 0 bridgehead atoms. The van der Waals surface area contributed by atoms with Crippen LogP contribution in [0.5, 0.6) is 0 Å². The van der Waals surface area contributed by atoms with Crippen LogP contribution in [0, 0.1) is 0 Å². The van der Waals surface area contributed by atoms with Gasteiger partial charge in [-0.05, 0) is 0 Å². The molecule has 0 aliphatic carbocycles. The Balaban J connectivity index is 2.58. The highest BCUT2D eigenvalue weighted by molar-refractivity contribution is 7.15. The molecule has 0 atom stereocenters. The third-order valence-electron chi connectivity index (χ3n) is 1.59. The van der Waals surface area contributed by atoms with Crippen LogP contribution in [0.4, 0.5) is 5.13 Å². The van der Waals surface area contributed by atoms with Crippen LogP contribution in [-0.4, -0.2) is 35.1 Å². The fourth-order valence-corrected chi connectivity index (χ4v) is 1.48. The van der Waals surface area contributed by atoms with Crippen molar-refractivity contribution < 1.29 is 4.79 Å². The smallest absolute Gasteiger partial charge is 0.219 e. The number of carbonyl (C=O) groups is 1. The van der Waals surface area contributed by atoms with Crippen LogP contribution in [0.2, 0.25) is 0 Å². The number of carbonyl (C=O) groups excluding carboxylic acids is 1. The van der Waals surface area contributed by atoms with Crippen LogP contribution < -0.4 is 5.32 Å². The minimum Gasteiger partial charge on any atom is -0.363 e. The summed E-state index contributed by atoms with van der Waals surface area (Å²) in [7, 11) is 3.53. The van der Waals surface area contributed by atoms with Gasteiger partial charge in [-0.3, -0.25) is 4.79 Å². The summed E-state index contributed by atoms with van der Waals surface area (Å²) >= 11 is 1.45. The molecule has 0 aliphatic heterocycles. The topological polar surface area (TPSA) is 58.1 Å². The van der Waals surface area contributed by atoms with E-state index >= 15 is 0 Å². The van der Waals surface area contributed by atoms with Gasteiger partial charge in [-0.15, -0.1) is 10.2 Å². The van der Waals surface area contributed by atoms with Gasteiger partial charge in [0.25, 0.3) is 0 Å². The largest absolute Gasteiger partial charge is 0.363 e. The minimum atomic E-state index is 0.0289.